The molecule has 1 aromatic rings. The summed E-state index contributed by atoms with van der Waals surface area (Å²) in [6.07, 6.45) is 3.61. The van der Waals surface area contributed by atoms with Crippen LogP contribution in [0.25, 0.3) is 0 Å². The number of nitrogen functional groups attached to an aromatic ring is 1. The first kappa shape index (κ1) is 9.97. The van der Waals surface area contributed by atoms with Gasteiger partial charge in [0.15, 0.2) is 5.69 Å². The van der Waals surface area contributed by atoms with Crippen molar-refractivity contribution in [3.8, 4) is 0 Å². The number of rotatable bonds is 2. The van der Waals surface area contributed by atoms with Crippen LogP contribution in [0.2, 0.25) is 0 Å². The molecular weight excluding hydrogens is 196 g/mol. The van der Waals surface area contributed by atoms with E-state index in [4.69, 9.17) is 11.5 Å². The zero-order valence-electron chi connectivity index (χ0n) is 8.26. The van der Waals surface area contributed by atoms with Crippen molar-refractivity contribution in [3.05, 3.63) is 12.0 Å². The van der Waals surface area contributed by atoms with Crippen LogP contribution in [-0.4, -0.2) is 26.7 Å². The van der Waals surface area contributed by atoms with Gasteiger partial charge in [-0.3, -0.25) is 4.79 Å². The average molecular weight is 210 g/mol. The van der Waals surface area contributed by atoms with Crippen LogP contribution in [0.3, 0.4) is 0 Å². The fourth-order valence-electron chi connectivity index (χ4n) is 2.07. The summed E-state index contributed by atoms with van der Waals surface area (Å²) in [4.78, 5) is 14.8. The summed E-state index contributed by atoms with van der Waals surface area (Å²) in [5, 5.41) is 9.69. The third kappa shape index (κ3) is 1.56. The molecule has 1 fully saturated rings. The third-order valence-corrected chi connectivity index (χ3v) is 2.87. The largest absolute Gasteiger partial charge is 0.391 e. The number of primary amides is 1. The number of anilines is 1. The number of amides is 1. The van der Waals surface area contributed by atoms with Crippen molar-refractivity contribution >= 4 is 11.7 Å². The number of nitrogens with zero attached hydrogens (tertiary/aromatic N) is 2. The first-order valence-electron chi connectivity index (χ1n) is 4.91. The van der Waals surface area contributed by atoms with Crippen LogP contribution >= 0.6 is 0 Å². The lowest BCUT2D eigenvalue weighted by molar-refractivity contribution is 0.0996. The fourth-order valence-corrected chi connectivity index (χ4v) is 2.07. The van der Waals surface area contributed by atoms with E-state index in [1.165, 1.54) is 6.33 Å². The van der Waals surface area contributed by atoms with Crippen LogP contribution in [0.5, 0.6) is 0 Å². The number of nitrogens with two attached hydrogens (primary N) is 2. The Hall–Kier alpha value is -1.56. The highest BCUT2D eigenvalue weighted by atomic mass is 16.3. The number of hydrogen-bond acceptors (Lipinski definition) is 4. The summed E-state index contributed by atoms with van der Waals surface area (Å²) >= 11 is 0. The highest BCUT2D eigenvalue weighted by molar-refractivity contribution is 5.95. The second kappa shape index (κ2) is 3.54. The molecule has 1 aliphatic carbocycles. The molecule has 2 rings (SSSR count). The normalized spacial score (nSPS) is 25.7. The summed E-state index contributed by atoms with van der Waals surface area (Å²) in [5.74, 6) is -0.396. The van der Waals surface area contributed by atoms with E-state index in [1.54, 1.807) is 4.57 Å². The summed E-state index contributed by atoms with van der Waals surface area (Å²) in [6, 6.07) is -0.0781. The van der Waals surface area contributed by atoms with E-state index in [0.29, 0.717) is 0 Å². The minimum atomic E-state index is -0.640. The standard InChI is InChI=1S/C9H14N4O2/c10-8-7(9(11)15)12-4-13(8)5-2-1-3-6(5)14/h4-6,14H,1-3,10H2,(H2,11,15)/t5-,6+/m0/s1. The summed E-state index contributed by atoms with van der Waals surface area (Å²) in [6.45, 7) is 0. The number of carbonyl (C=O) groups excluding carboxylic acids is 1. The van der Waals surface area contributed by atoms with Crippen LogP contribution in [0.1, 0.15) is 35.8 Å². The molecule has 1 aromatic heterocycles. The number of hydrogen-bond donors (Lipinski definition) is 3. The number of carbonyl (C=O) groups is 1. The molecule has 0 aliphatic heterocycles. The topological polar surface area (TPSA) is 107 Å². The van der Waals surface area contributed by atoms with Crippen LogP contribution in [0, 0.1) is 0 Å². The summed E-state index contributed by atoms with van der Waals surface area (Å²) in [5.41, 5.74) is 10.9. The maximum absolute atomic E-state index is 10.9. The van der Waals surface area contributed by atoms with E-state index in [0.717, 1.165) is 19.3 Å². The molecule has 5 N–H and O–H groups in total. The highest BCUT2D eigenvalue weighted by Crippen LogP contribution is 2.32. The van der Waals surface area contributed by atoms with Crippen LogP contribution < -0.4 is 11.5 Å². The number of aliphatic hydroxyl groups excluding tert-OH is 1. The molecule has 0 bridgehead atoms. The van der Waals surface area contributed by atoms with Crippen LogP contribution in [0.4, 0.5) is 5.82 Å². The van der Waals surface area contributed by atoms with Gasteiger partial charge in [-0.25, -0.2) is 4.98 Å². The number of aromatic nitrogens is 2. The quantitative estimate of drug-likeness (QED) is 0.620. The van der Waals surface area contributed by atoms with Gasteiger partial charge < -0.3 is 21.1 Å². The second-order valence-corrected chi connectivity index (χ2v) is 3.82. The molecule has 0 saturated heterocycles. The van der Waals surface area contributed by atoms with E-state index in [-0.39, 0.29) is 17.6 Å². The molecule has 15 heavy (non-hydrogen) atoms. The van der Waals surface area contributed by atoms with Crippen molar-refractivity contribution in [2.75, 3.05) is 5.73 Å². The molecule has 1 aliphatic rings. The van der Waals surface area contributed by atoms with Gasteiger partial charge in [-0.05, 0) is 19.3 Å². The van der Waals surface area contributed by atoms with Gasteiger partial charge in [0.05, 0.1) is 18.5 Å². The van der Waals surface area contributed by atoms with Gasteiger partial charge >= 0.3 is 0 Å². The Morgan fingerprint density at radius 3 is 2.80 bits per heavy atom. The Labute approximate surface area is 86.9 Å². The molecule has 0 spiro atoms. The molecular formula is C9H14N4O2. The average Bonchev–Trinajstić information content (AvgIpc) is 2.71. The Morgan fingerprint density at radius 1 is 1.60 bits per heavy atom. The van der Waals surface area contributed by atoms with Gasteiger partial charge in [0.1, 0.15) is 5.82 Å². The van der Waals surface area contributed by atoms with Gasteiger partial charge in [0.2, 0.25) is 0 Å². The van der Waals surface area contributed by atoms with Gasteiger partial charge in [-0.2, -0.15) is 0 Å². The molecule has 82 valence electrons. The monoisotopic (exact) mass is 210 g/mol. The van der Waals surface area contributed by atoms with Crippen LogP contribution in [-0.2, 0) is 0 Å². The molecule has 0 aromatic carbocycles. The van der Waals surface area contributed by atoms with Crippen LogP contribution in [0.15, 0.2) is 6.33 Å². The fraction of sp³-hybridized carbons (Fsp3) is 0.556. The lowest BCUT2D eigenvalue weighted by Crippen LogP contribution is -2.20. The maximum atomic E-state index is 10.9. The minimum absolute atomic E-state index is 0.0779. The number of imidazole rings is 1. The zero-order valence-corrected chi connectivity index (χ0v) is 8.26. The van der Waals surface area contributed by atoms with Gasteiger partial charge in [0, 0.05) is 0 Å². The Kier molecular flexibility index (Phi) is 2.36. The maximum Gasteiger partial charge on any atom is 0.271 e. The zero-order chi connectivity index (χ0) is 11.0. The molecule has 6 nitrogen and oxygen atoms in total. The van der Waals surface area contributed by atoms with E-state index in [9.17, 15) is 9.90 Å². The molecule has 1 saturated carbocycles. The van der Waals surface area contributed by atoms with Crippen molar-refractivity contribution < 1.29 is 9.90 Å². The van der Waals surface area contributed by atoms with Gasteiger partial charge in [-0.15, -0.1) is 0 Å². The number of aliphatic hydroxyl groups is 1. The second-order valence-electron chi connectivity index (χ2n) is 3.82. The van der Waals surface area contributed by atoms with Crippen molar-refractivity contribution in [1.82, 2.24) is 9.55 Å². The third-order valence-electron chi connectivity index (χ3n) is 2.87. The van der Waals surface area contributed by atoms with Gasteiger partial charge in [0.25, 0.3) is 5.91 Å². The smallest absolute Gasteiger partial charge is 0.271 e. The van der Waals surface area contributed by atoms with Gasteiger partial charge in [-0.1, -0.05) is 0 Å². The first-order valence-corrected chi connectivity index (χ1v) is 4.91. The summed E-state index contributed by atoms with van der Waals surface area (Å²) in [7, 11) is 0. The molecule has 2 atom stereocenters. The van der Waals surface area contributed by atoms with Crippen molar-refractivity contribution in [2.45, 2.75) is 31.4 Å². The minimum Gasteiger partial charge on any atom is -0.391 e. The van der Waals surface area contributed by atoms with E-state index in [1.807, 2.05) is 0 Å². The predicted molar refractivity (Wildman–Crippen MR) is 54.1 cm³/mol. The van der Waals surface area contributed by atoms with E-state index in [2.05, 4.69) is 4.98 Å². The lowest BCUT2D eigenvalue weighted by atomic mass is 10.2. The predicted octanol–water partition coefficient (Wildman–Crippen LogP) is -0.350. The molecule has 1 amide bonds. The first-order chi connectivity index (χ1) is 7.11. The van der Waals surface area contributed by atoms with Crippen molar-refractivity contribution in [1.29, 1.82) is 0 Å². The summed E-state index contributed by atoms with van der Waals surface area (Å²) < 4.78 is 1.64. The molecule has 1 heterocycles. The molecule has 0 unspecified atom stereocenters. The van der Waals surface area contributed by atoms with Crippen molar-refractivity contribution in [3.63, 3.8) is 0 Å². The molecule has 6 heteroatoms. The van der Waals surface area contributed by atoms with E-state index >= 15 is 0 Å². The highest BCUT2D eigenvalue weighted by Gasteiger charge is 2.29. The SMILES string of the molecule is NC(=O)c1ncn([C@H]2CCC[C@H]2O)c1N. The van der Waals surface area contributed by atoms with E-state index < -0.39 is 12.0 Å². The Balaban J connectivity index is 2.33. The lowest BCUT2D eigenvalue weighted by Gasteiger charge is -2.17. The Morgan fingerprint density at radius 2 is 2.33 bits per heavy atom. The molecule has 0 radical (unpaired) electrons. The Bertz CT molecular complexity index is 387. The van der Waals surface area contributed by atoms with Crippen molar-refractivity contribution in [2.24, 2.45) is 5.73 Å².